The van der Waals surface area contributed by atoms with Crippen molar-refractivity contribution in [3.05, 3.63) is 29.0 Å². The molecular weight excluding hydrogens is 246 g/mol. The van der Waals surface area contributed by atoms with Crippen LogP contribution in [0.25, 0.3) is 0 Å². The quantitative estimate of drug-likeness (QED) is 0.611. The summed E-state index contributed by atoms with van der Waals surface area (Å²) in [6.45, 7) is 1.91. The van der Waals surface area contributed by atoms with E-state index in [4.69, 9.17) is 11.6 Å². The molecular formula is C11H14ClNO4. The van der Waals surface area contributed by atoms with Gasteiger partial charge in [-0.25, -0.2) is 4.98 Å². The zero-order valence-electron chi connectivity index (χ0n) is 9.34. The van der Waals surface area contributed by atoms with Gasteiger partial charge in [0.25, 0.3) is 0 Å². The van der Waals surface area contributed by atoms with Gasteiger partial charge < -0.3 is 14.9 Å². The molecule has 0 aromatic carbocycles. The van der Waals surface area contributed by atoms with Crippen molar-refractivity contribution in [3.8, 4) is 0 Å². The molecule has 1 heterocycles. The second-order valence-corrected chi connectivity index (χ2v) is 3.82. The van der Waals surface area contributed by atoms with E-state index in [1.165, 1.54) is 18.3 Å². The maximum Gasteiger partial charge on any atom is 0.308 e. The zero-order chi connectivity index (χ0) is 12.8. The third-order valence-corrected chi connectivity index (χ3v) is 2.34. The normalized spacial score (nSPS) is 14.1. The number of esters is 1. The van der Waals surface area contributed by atoms with Gasteiger partial charge >= 0.3 is 5.97 Å². The Balaban J connectivity index is 2.63. The summed E-state index contributed by atoms with van der Waals surface area (Å²) < 4.78 is 4.67. The summed E-state index contributed by atoms with van der Waals surface area (Å²) in [5.41, 5.74) is 0.404. The molecule has 0 saturated carbocycles. The van der Waals surface area contributed by atoms with Crippen LogP contribution in [0.5, 0.6) is 0 Å². The van der Waals surface area contributed by atoms with Gasteiger partial charge in [0, 0.05) is 6.20 Å². The minimum absolute atomic E-state index is 0.213. The van der Waals surface area contributed by atoms with E-state index in [2.05, 4.69) is 9.72 Å². The van der Waals surface area contributed by atoms with E-state index in [-0.39, 0.29) is 18.2 Å². The van der Waals surface area contributed by atoms with E-state index in [0.717, 1.165) is 0 Å². The van der Waals surface area contributed by atoms with Gasteiger partial charge in [0.15, 0.2) is 0 Å². The fraction of sp³-hybridized carbons (Fsp3) is 0.455. The summed E-state index contributed by atoms with van der Waals surface area (Å²) in [7, 11) is 0. The maximum absolute atomic E-state index is 11.1. The number of hydrogen-bond donors (Lipinski definition) is 2. The number of hydrogen-bond acceptors (Lipinski definition) is 5. The van der Waals surface area contributed by atoms with Crippen LogP contribution in [0.3, 0.4) is 0 Å². The van der Waals surface area contributed by atoms with Crippen LogP contribution < -0.4 is 0 Å². The van der Waals surface area contributed by atoms with Gasteiger partial charge in [0.05, 0.1) is 19.1 Å². The molecule has 0 fully saturated rings. The van der Waals surface area contributed by atoms with Crippen LogP contribution in [0.15, 0.2) is 18.3 Å². The van der Waals surface area contributed by atoms with Crippen molar-refractivity contribution in [2.75, 3.05) is 6.61 Å². The van der Waals surface area contributed by atoms with Gasteiger partial charge in [0.1, 0.15) is 11.3 Å². The van der Waals surface area contributed by atoms with Crippen molar-refractivity contribution in [3.63, 3.8) is 0 Å². The number of carbonyl (C=O) groups excluding carboxylic acids is 1. The Labute approximate surface area is 104 Å². The Bertz CT molecular complexity index is 385. The van der Waals surface area contributed by atoms with Gasteiger partial charge in [0.2, 0.25) is 0 Å². The third-order valence-electron chi connectivity index (χ3n) is 2.14. The highest BCUT2D eigenvalue weighted by molar-refractivity contribution is 6.29. The highest BCUT2D eigenvalue weighted by Crippen LogP contribution is 2.20. The Morgan fingerprint density at radius 2 is 2.29 bits per heavy atom. The summed E-state index contributed by atoms with van der Waals surface area (Å²) >= 11 is 5.65. The topological polar surface area (TPSA) is 79.7 Å². The molecule has 0 aliphatic carbocycles. The first-order chi connectivity index (χ1) is 8.04. The van der Waals surface area contributed by atoms with E-state index < -0.39 is 18.2 Å². The third kappa shape index (κ3) is 4.30. The van der Waals surface area contributed by atoms with Gasteiger partial charge in [-0.2, -0.15) is 0 Å². The molecule has 1 aromatic rings. The number of halogens is 1. The molecule has 1 rings (SSSR count). The van der Waals surface area contributed by atoms with E-state index in [0.29, 0.717) is 5.56 Å². The molecule has 0 spiro atoms. The van der Waals surface area contributed by atoms with Crippen LogP contribution in [0, 0.1) is 0 Å². The summed E-state index contributed by atoms with van der Waals surface area (Å²) in [5.74, 6) is -0.556. The molecule has 0 aliphatic rings. The highest BCUT2D eigenvalue weighted by Gasteiger charge is 2.22. The lowest BCUT2D eigenvalue weighted by Crippen LogP contribution is -2.23. The van der Waals surface area contributed by atoms with Crippen LogP contribution >= 0.6 is 11.6 Å². The van der Waals surface area contributed by atoms with Crippen LogP contribution in [-0.2, 0) is 9.53 Å². The number of carbonyl (C=O) groups is 1. The van der Waals surface area contributed by atoms with E-state index in [1.54, 1.807) is 6.92 Å². The largest absolute Gasteiger partial charge is 0.466 e. The van der Waals surface area contributed by atoms with Crippen LogP contribution in [0.4, 0.5) is 0 Å². The first-order valence-corrected chi connectivity index (χ1v) is 5.55. The molecule has 5 nitrogen and oxygen atoms in total. The standard InChI is InChI=1S/C11H14ClNO4/c1-2-17-10(15)6-8(14)11(16)7-3-4-13-9(12)5-7/h3-5,8,11,14,16H,2,6H2,1H3. The summed E-state index contributed by atoms with van der Waals surface area (Å²) in [6, 6.07) is 2.95. The Hall–Kier alpha value is -1.17. The number of aromatic nitrogens is 1. The Morgan fingerprint density at radius 1 is 1.59 bits per heavy atom. The number of nitrogens with zero attached hydrogens (tertiary/aromatic N) is 1. The van der Waals surface area contributed by atoms with Crippen LogP contribution in [0.1, 0.15) is 25.0 Å². The summed E-state index contributed by atoms with van der Waals surface area (Å²) in [4.78, 5) is 14.9. The fourth-order valence-corrected chi connectivity index (χ4v) is 1.51. The van der Waals surface area contributed by atoms with Crippen molar-refractivity contribution in [2.45, 2.75) is 25.6 Å². The highest BCUT2D eigenvalue weighted by atomic mass is 35.5. The molecule has 2 atom stereocenters. The number of rotatable bonds is 5. The summed E-state index contributed by atoms with van der Waals surface area (Å²) in [6.07, 6.45) is -1.28. The molecule has 17 heavy (non-hydrogen) atoms. The molecule has 0 amide bonds. The fourth-order valence-electron chi connectivity index (χ4n) is 1.33. The molecule has 6 heteroatoms. The lowest BCUT2D eigenvalue weighted by atomic mass is 10.0. The smallest absolute Gasteiger partial charge is 0.308 e. The lowest BCUT2D eigenvalue weighted by Gasteiger charge is -2.17. The zero-order valence-corrected chi connectivity index (χ0v) is 10.1. The first-order valence-electron chi connectivity index (χ1n) is 5.17. The predicted molar refractivity (Wildman–Crippen MR) is 61.5 cm³/mol. The molecule has 2 N–H and O–H groups in total. The molecule has 94 valence electrons. The van der Waals surface area contributed by atoms with Gasteiger partial charge in [-0.05, 0) is 24.6 Å². The number of aliphatic hydroxyl groups excluding tert-OH is 2. The van der Waals surface area contributed by atoms with Crippen molar-refractivity contribution in [1.29, 1.82) is 0 Å². The molecule has 0 bridgehead atoms. The second kappa shape index (κ2) is 6.54. The molecule has 0 aliphatic heterocycles. The minimum atomic E-state index is -1.23. The van der Waals surface area contributed by atoms with E-state index >= 15 is 0 Å². The average Bonchev–Trinajstić information content (AvgIpc) is 2.28. The predicted octanol–water partition coefficient (Wildman–Crippen LogP) is 1.08. The average molecular weight is 260 g/mol. The molecule has 2 unspecified atom stereocenters. The monoisotopic (exact) mass is 259 g/mol. The van der Waals surface area contributed by atoms with Crippen molar-refractivity contribution < 1.29 is 19.7 Å². The second-order valence-electron chi connectivity index (χ2n) is 3.43. The van der Waals surface area contributed by atoms with Gasteiger partial charge in [-0.15, -0.1) is 0 Å². The number of pyridine rings is 1. The van der Waals surface area contributed by atoms with E-state index in [1.807, 2.05) is 0 Å². The maximum atomic E-state index is 11.1. The molecule has 0 saturated heterocycles. The SMILES string of the molecule is CCOC(=O)CC(O)C(O)c1ccnc(Cl)c1. The molecule has 0 radical (unpaired) electrons. The summed E-state index contributed by atoms with van der Waals surface area (Å²) in [5, 5.41) is 19.6. The number of ether oxygens (including phenoxy) is 1. The number of aliphatic hydroxyl groups is 2. The Morgan fingerprint density at radius 3 is 2.88 bits per heavy atom. The molecule has 1 aromatic heterocycles. The van der Waals surface area contributed by atoms with Crippen molar-refractivity contribution in [1.82, 2.24) is 4.98 Å². The van der Waals surface area contributed by atoms with Crippen LogP contribution in [-0.4, -0.2) is 33.9 Å². The van der Waals surface area contributed by atoms with Crippen LogP contribution in [0.2, 0.25) is 5.15 Å². The first kappa shape index (κ1) is 13.9. The van der Waals surface area contributed by atoms with Crippen molar-refractivity contribution in [2.24, 2.45) is 0 Å². The Kier molecular flexibility index (Phi) is 5.34. The lowest BCUT2D eigenvalue weighted by molar-refractivity contribution is -0.147. The van der Waals surface area contributed by atoms with Gasteiger partial charge in [-0.1, -0.05) is 11.6 Å². The van der Waals surface area contributed by atoms with Gasteiger partial charge in [-0.3, -0.25) is 4.79 Å². The minimum Gasteiger partial charge on any atom is -0.466 e. The van der Waals surface area contributed by atoms with E-state index in [9.17, 15) is 15.0 Å². The van der Waals surface area contributed by atoms with Crippen molar-refractivity contribution >= 4 is 17.6 Å².